The van der Waals surface area contributed by atoms with Gasteiger partial charge in [-0.25, -0.2) is 0 Å². The number of carbonyl (C=O) groups excluding carboxylic acids is 3. The Balaban J connectivity index is 2.13. The Morgan fingerprint density at radius 2 is 1.73 bits per heavy atom. The van der Waals surface area contributed by atoms with Gasteiger partial charge in [-0.15, -0.1) is 0 Å². The summed E-state index contributed by atoms with van der Waals surface area (Å²) in [7, 11) is 0. The highest BCUT2D eigenvalue weighted by Crippen LogP contribution is 2.07. The van der Waals surface area contributed by atoms with Crippen molar-refractivity contribution in [3.63, 3.8) is 0 Å². The fourth-order valence-electron chi connectivity index (χ4n) is 1.38. The summed E-state index contributed by atoms with van der Waals surface area (Å²) in [6, 6.07) is 0. The smallest absolute Gasteiger partial charge is 0.253 e. The molecule has 5 heteroatoms. The number of unbranched alkanes of at least 4 members (excludes halogenated alkanes) is 2. The zero-order valence-electron chi connectivity index (χ0n) is 8.36. The molecule has 1 aliphatic heterocycles. The number of amides is 3. The van der Waals surface area contributed by atoms with E-state index in [0.717, 1.165) is 6.42 Å². The number of carbonyl (C=O) groups is 3. The molecule has 0 saturated carbocycles. The highest BCUT2D eigenvalue weighted by molar-refractivity contribution is 6.12. The van der Waals surface area contributed by atoms with Gasteiger partial charge in [0, 0.05) is 25.1 Å². The Morgan fingerprint density at radius 3 is 2.27 bits per heavy atom. The molecule has 1 heterocycles. The summed E-state index contributed by atoms with van der Waals surface area (Å²) in [5, 5.41) is 0. The average molecular weight is 209 g/mol. The van der Waals surface area contributed by atoms with E-state index in [4.69, 9.17) is 5.73 Å². The first kappa shape index (κ1) is 11.4. The monoisotopic (exact) mass is 209 g/mol. The topological polar surface area (TPSA) is 78.2 Å². The molecule has 0 unspecified atom stereocenters. The molecule has 0 atom stereocenters. The molecule has 0 spiro atoms. The van der Waals surface area contributed by atoms with Gasteiger partial charge in [-0.1, -0.05) is 6.42 Å². The number of nitrogens with zero attached hydrogens (tertiary/aromatic N) is 1. The van der Waals surface area contributed by atoms with E-state index in [2.05, 4.69) is 0 Å². The van der Waals surface area contributed by atoms with Gasteiger partial charge in [0.25, 0.3) is 11.8 Å². The van der Waals surface area contributed by atoms with Gasteiger partial charge in [0.1, 0.15) is 0 Å². The first-order valence-electron chi connectivity index (χ1n) is 4.89. The summed E-state index contributed by atoms with van der Waals surface area (Å²) in [4.78, 5) is 33.7. The molecule has 0 aromatic rings. The third-order valence-electron chi connectivity index (χ3n) is 2.19. The van der Waals surface area contributed by atoms with E-state index in [9.17, 15) is 14.4 Å². The first-order valence-corrected chi connectivity index (χ1v) is 4.89. The minimum Gasteiger partial charge on any atom is -0.275 e. The molecule has 0 aliphatic carbocycles. The lowest BCUT2D eigenvalue weighted by molar-refractivity contribution is -0.136. The molecule has 3 amide bonds. The van der Waals surface area contributed by atoms with Gasteiger partial charge in [0.05, 0.1) is 0 Å². The van der Waals surface area contributed by atoms with Crippen LogP contribution in [0.15, 0.2) is 12.2 Å². The Kier molecular flexibility index (Phi) is 4.03. The normalized spacial score (nSPS) is 15.1. The van der Waals surface area contributed by atoms with Crippen LogP contribution in [0.4, 0.5) is 0 Å². The zero-order valence-corrected chi connectivity index (χ0v) is 8.36. The van der Waals surface area contributed by atoms with Crippen LogP contribution in [0, 0.1) is 0 Å². The summed E-state index contributed by atoms with van der Waals surface area (Å²) >= 11 is 0. The van der Waals surface area contributed by atoms with Crippen LogP contribution >= 0.6 is 0 Å². The SMILES string of the molecule is [NH]C(=O)CCCCCN1C(=O)C=CC1=O. The summed E-state index contributed by atoms with van der Waals surface area (Å²) in [5.41, 5.74) is 6.68. The van der Waals surface area contributed by atoms with E-state index >= 15 is 0 Å². The quantitative estimate of drug-likeness (QED) is 0.465. The molecular formula is C10H13N2O3. The van der Waals surface area contributed by atoms with Crippen molar-refractivity contribution in [2.75, 3.05) is 6.54 Å². The number of hydrogen-bond acceptors (Lipinski definition) is 3. The van der Waals surface area contributed by atoms with Crippen LogP contribution in [-0.4, -0.2) is 29.2 Å². The van der Waals surface area contributed by atoms with E-state index < -0.39 is 5.91 Å². The molecule has 0 fully saturated rings. The molecule has 0 saturated heterocycles. The van der Waals surface area contributed by atoms with E-state index in [1.807, 2.05) is 0 Å². The molecule has 1 radical (unpaired) electrons. The Hall–Kier alpha value is -1.65. The standard InChI is InChI=1S/C10H13N2O3/c11-8(13)4-2-1-3-7-12-9(14)5-6-10(12)15/h5-6,11H,1-4,7H2. The van der Waals surface area contributed by atoms with Gasteiger partial charge in [-0.2, -0.15) is 0 Å². The maximum absolute atomic E-state index is 11.1. The highest BCUT2D eigenvalue weighted by atomic mass is 16.2. The van der Waals surface area contributed by atoms with Crippen LogP contribution in [0.3, 0.4) is 0 Å². The van der Waals surface area contributed by atoms with Crippen molar-refractivity contribution in [1.29, 1.82) is 0 Å². The minimum atomic E-state index is -0.565. The molecule has 5 nitrogen and oxygen atoms in total. The van der Waals surface area contributed by atoms with Gasteiger partial charge in [-0.05, 0) is 12.8 Å². The van der Waals surface area contributed by atoms with Crippen LogP contribution in [0.25, 0.3) is 0 Å². The van der Waals surface area contributed by atoms with Crippen LogP contribution in [0.1, 0.15) is 25.7 Å². The lowest BCUT2D eigenvalue weighted by atomic mass is 10.2. The van der Waals surface area contributed by atoms with Crippen molar-refractivity contribution in [1.82, 2.24) is 10.6 Å². The molecule has 0 bridgehead atoms. The van der Waals surface area contributed by atoms with Crippen LogP contribution in [-0.2, 0) is 14.4 Å². The predicted molar refractivity (Wildman–Crippen MR) is 52.4 cm³/mol. The maximum atomic E-state index is 11.1. The molecule has 0 aromatic carbocycles. The molecule has 81 valence electrons. The summed E-state index contributed by atoms with van der Waals surface area (Å²) in [6.07, 6.45) is 4.85. The molecule has 15 heavy (non-hydrogen) atoms. The maximum Gasteiger partial charge on any atom is 0.253 e. The van der Waals surface area contributed by atoms with Gasteiger partial charge in [0.15, 0.2) is 0 Å². The fraction of sp³-hybridized carbons (Fsp3) is 0.500. The van der Waals surface area contributed by atoms with Gasteiger partial charge in [0.2, 0.25) is 5.91 Å². The molecule has 1 aliphatic rings. The molecule has 0 aromatic heterocycles. The second kappa shape index (κ2) is 5.29. The highest BCUT2D eigenvalue weighted by Gasteiger charge is 2.21. The Labute approximate surface area is 87.9 Å². The number of nitrogens with one attached hydrogen (secondary N) is 1. The van der Waals surface area contributed by atoms with Gasteiger partial charge < -0.3 is 0 Å². The molecular weight excluding hydrogens is 196 g/mol. The van der Waals surface area contributed by atoms with E-state index in [1.54, 1.807) is 0 Å². The van der Waals surface area contributed by atoms with Gasteiger partial charge >= 0.3 is 0 Å². The van der Waals surface area contributed by atoms with Crippen molar-refractivity contribution in [2.45, 2.75) is 25.7 Å². The largest absolute Gasteiger partial charge is 0.275 e. The van der Waals surface area contributed by atoms with Crippen molar-refractivity contribution < 1.29 is 14.4 Å². The predicted octanol–water partition coefficient (Wildman–Crippen LogP) is 0.281. The second-order valence-corrected chi connectivity index (χ2v) is 3.40. The summed E-state index contributed by atoms with van der Waals surface area (Å²) in [6.45, 7) is 0.400. The van der Waals surface area contributed by atoms with E-state index in [1.165, 1.54) is 17.1 Å². The third-order valence-corrected chi connectivity index (χ3v) is 2.19. The third kappa shape index (κ3) is 3.53. The Morgan fingerprint density at radius 1 is 1.13 bits per heavy atom. The summed E-state index contributed by atoms with van der Waals surface area (Å²) < 4.78 is 0. The molecule has 1 rings (SSSR count). The van der Waals surface area contributed by atoms with Crippen molar-refractivity contribution >= 4 is 17.7 Å². The van der Waals surface area contributed by atoms with E-state index in [-0.39, 0.29) is 18.2 Å². The van der Waals surface area contributed by atoms with Gasteiger partial charge in [-0.3, -0.25) is 25.0 Å². The lowest BCUT2D eigenvalue weighted by Gasteiger charge is -2.12. The summed E-state index contributed by atoms with van der Waals surface area (Å²) in [5.74, 6) is -1.10. The Bertz CT molecular complexity index is 292. The van der Waals surface area contributed by atoms with E-state index in [0.29, 0.717) is 19.4 Å². The zero-order chi connectivity index (χ0) is 11.3. The number of hydrogen-bond donors (Lipinski definition) is 0. The number of imide groups is 1. The lowest BCUT2D eigenvalue weighted by Crippen LogP contribution is -2.30. The molecule has 1 N–H and O–H groups in total. The van der Waals surface area contributed by atoms with Crippen molar-refractivity contribution in [3.05, 3.63) is 12.2 Å². The van der Waals surface area contributed by atoms with Crippen molar-refractivity contribution in [3.8, 4) is 0 Å². The fourth-order valence-corrected chi connectivity index (χ4v) is 1.38. The number of rotatable bonds is 6. The van der Waals surface area contributed by atoms with Crippen LogP contribution < -0.4 is 5.73 Å². The average Bonchev–Trinajstić information content (AvgIpc) is 2.47. The second-order valence-electron chi connectivity index (χ2n) is 3.40. The van der Waals surface area contributed by atoms with Crippen LogP contribution in [0.2, 0.25) is 0 Å². The van der Waals surface area contributed by atoms with Crippen LogP contribution in [0.5, 0.6) is 0 Å². The van der Waals surface area contributed by atoms with Crippen molar-refractivity contribution in [2.24, 2.45) is 0 Å². The minimum absolute atomic E-state index is 0.250. The first-order chi connectivity index (χ1) is 7.11.